The Morgan fingerprint density at radius 1 is 1.08 bits per heavy atom. The van der Waals surface area contributed by atoms with Crippen LogP contribution in [0.3, 0.4) is 0 Å². The third kappa shape index (κ3) is 4.91. The molecule has 2 rings (SSSR count). The molecule has 0 radical (unpaired) electrons. The van der Waals surface area contributed by atoms with E-state index in [1.165, 1.54) is 19.1 Å². The maximum atomic E-state index is 13.3. The van der Waals surface area contributed by atoms with Crippen LogP contribution in [0.1, 0.15) is 36.1 Å². The standard InChI is InChI=1S/C19H21FN2O2/c1-12-4-7-15(8-5-12)18(21-14(3)23)11-19(24)22-17-10-16(20)9-6-13(17)2/h4-10,18H,11H2,1-3H3,(H,21,23)(H,22,24). The van der Waals surface area contributed by atoms with Gasteiger partial charge in [-0.2, -0.15) is 0 Å². The van der Waals surface area contributed by atoms with Gasteiger partial charge in [-0.15, -0.1) is 0 Å². The second-order valence-corrected chi connectivity index (χ2v) is 5.88. The first-order chi connectivity index (χ1) is 11.3. The number of aryl methyl sites for hydroxylation is 2. The van der Waals surface area contributed by atoms with Gasteiger partial charge in [-0.05, 0) is 37.1 Å². The zero-order valence-corrected chi connectivity index (χ0v) is 14.0. The van der Waals surface area contributed by atoms with E-state index in [9.17, 15) is 14.0 Å². The molecule has 1 atom stereocenters. The van der Waals surface area contributed by atoms with Crippen molar-refractivity contribution in [3.8, 4) is 0 Å². The largest absolute Gasteiger partial charge is 0.349 e. The van der Waals surface area contributed by atoms with Gasteiger partial charge in [0.15, 0.2) is 0 Å². The van der Waals surface area contributed by atoms with Gasteiger partial charge in [0.05, 0.1) is 12.5 Å². The highest BCUT2D eigenvalue weighted by atomic mass is 19.1. The quantitative estimate of drug-likeness (QED) is 0.880. The van der Waals surface area contributed by atoms with Crippen LogP contribution >= 0.6 is 0 Å². The van der Waals surface area contributed by atoms with Crippen LogP contribution in [0, 0.1) is 19.7 Å². The molecule has 5 heteroatoms. The van der Waals surface area contributed by atoms with Crippen LogP contribution in [0.4, 0.5) is 10.1 Å². The average Bonchev–Trinajstić information content (AvgIpc) is 2.50. The van der Waals surface area contributed by atoms with E-state index < -0.39 is 11.9 Å². The molecule has 2 aromatic rings. The molecule has 2 aromatic carbocycles. The van der Waals surface area contributed by atoms with Gasteiger partial charge < -0.3 is 10.6 Å². The maximum absolute atomic E-state index is 13.3. The molecule has 0 saturated heterocycles. The lowest BCUT2D eigenvalue weighted by molar-refractivity contribution is -0.120. The predicted molar refractivity (Wildman–Crippen MR) is 92.1 cm³/mol. The summed E-state index contributed by atoms with van der Waals surface area (Å²) in [4.78, 5) is 23.8. The lowest BCUT2D eigenvalue weighted by Gasteiger charge is -2.19. The number of carbonyl (C=O) groups is 2. The number of hydrogen-bond donors (Lipinski definition) is 2. The Morgan fingerprint density at radius 2 is 1.75 bits per heavy atom. The van der Waals surface area contributed by atoms with Gasteiger partial charge in [-0.25, -0.2) is 4.39 Å². The Hall–Kier alpha value is -2.69. The molecule has 24 heavy (non-hydrogen) atoms. The van der Waals surface area contributed by atoms with Crippen molar-refractivity contribution < 1.29 is 14.0 Å². The van der Waals surface area contributed by atoms with Crippen LogP contribution < -0.4 is 10.6 Å². The summed E-state index contributed by atoms with van der Waals surface area (Å²) in [5.41, 5.74) is 3.16. The molecule has 126 valence electrons. The first kappa shape index (κ1) is 17.7. The summed E-state index contributed by atoms with van der Waals surface area (Å²) >= 11 is 0. The molecule has 0 aromatic heterocycles. The normalized spacial score (nSPS) is 11.7. The van der Waals surface area contributed by atoms with Gasteiger partial charge in [0.25, 0.3) is 0 Å². The molecule has 0 fully saturated rings. The molecule has 2 amide bonds. The van der Waals surface area contributed by atoms with Crippen molar-refractivity contribution in [2.45, 2.75) is 33.2 Å². The number of anilines is 1. The van der Waals surface area contributed by atoms with Crippen molar-refractivity contribution in [1.82, 2.24) is 5.32 Å². The molecule has 0 aliphatic rings. The molecule has 0 heterocycles. The lowest BCUT2D eigenvalue weighted by Crippen LogP contribution is -2.29. The smallest absolute Gasteiger partial charge is 0.226 e. The fourth-order valence-electron chi connectivity index (χ4n) is 2.41. The number of amides is 2. The van der Waals surface area contributed by atoms with E-state index in [-0.39, 0.29) is 18.2 Å². The number of rotatable bonds is 5. The number of halogens is 1. The van der Waals surface area contributed by atoms with Crippen molar-refractivity contribution in [1.29, 1.82) is 0 Å². The molecule has 1 unspecified atom stereocenters. The third-order valence-electron chi connectivity index (χ3n) is 3.72. The minimum Gasteiger partial charge on any atom is -0.349 e. The summed E-state index contributed by atoms with van der Waals surface area (Å²) in [6, 6.07) is 11.4. The summed E-state index contributed by atoms with van der Waals surface area (Å²) in [6.07, 6.45) is 0.0680. The fourth-order valence-corrected chi connectivity index (χ4v) is 2.41. The van der Waals surface area contributed by atoms with Crippen molar-refractivity contribution in [2.75, 3.05) is 5.32 Å². The summed E-state index contributed by atoms with van der Waals surface area (Å²) in [5, 5.41) is 5.49. The van der Waals surface area contributed by atoms with E-state index in [1.807, 2.05) is 31.2 Å². The molecular formula is C19H21FN2O2. The number of hydrogen-bond acceptors (Lipinski definition) is 2. The number of nitrogens with one attached hydrogen (secondary N) is 2. The molecule has 0 spiro atoms. The Bertz CT molecular complexity index is 742. The Kier molecular flexibility index (Phi) is 5.68. The predicted octanol–water partition coefficient (Wildman–Crippen LogP) is 3.65. The molecule has 0 bridgehead atoms. The van der Waals surface area contributed by atoms with Gasteiger partial charge in [-0.3, -0.25) is 9.59 Å². The summed E-state index contributed by atoms with van der Waals surface area (Å²) in [7, 11) is 0. The van der Waals surface area contributed by atoms with Crippen molar-refractivity contribution in [3.05, 3.63) is 65.0 Å². The van der Waals surface area contributed by atoms with E-state index in [2.05, 4.69) is 10.6 Å². The minimum atomic E-state index is -0.433. The first-order valence-corrected chi connectivity index (χ1v) is 7.75. The summed E-state index contributed by atoms with van der Waals surface area (Å²) in [5.74, 6) is -0.911. The Balaban J connectivity index is 2.13. The Labute approximate surface area is 141 Å². The first-order valence-electron chi connectivity index (χ1n) is 7.75. The van der Waals surface area contributed by atoms with E-state index in [0.717, 1.165) is 16.7 Å². The SMILES string of the molecule is CC(=O)NC(CC(=O)Nc1cc(F)ccc1C)c1ccc(C)cc1. The van der Waals surface area contributed by atoms with E-state index in [4.69, 9.17) is 0 Å². The molecule has 0 saturated carbocycles. The zero-order valence-electron chi connectivity index (χ0n) is 14.0. The van der Waals surface area contributed by atoms with E-state index >= 15 is 0 Å². The van der Waals surface area contributed by atoms with E-state index in [0.29, 0.717) is 5.69 Å². The molecular weight excluding hydrogens is 307 g/mol. The van der Waals surface area contributed by atoms with Crippen molar-refractivity contribution in [2.24, 2.45) is 0 Å². The van der Waals surface area contributed by atoms with Crippen LogP contribution in [0.2, 0.25) is 0 Å². The van der Waals surface area contributed by atoms with Crippen molar-refractivity contribution in [3.63, 3.8) is 0 Å². The highest BCUT2D eigenvalue weighted by Crippen LogP contribution is 2.20. The van der Waals surface area contributed by atoms with Crippen LogP contribution in [-0.4, -0.2) is 11.8 Å². The van der Waals surface area contributed by atoms with Crippen LogP contribution in [-0.2, 0) is 9.59 Å². The second-order valence-electron chi connectivity index (χ2n) is 5.88. The topological polar surface area (TPSA) is 58.2 Å². The number of carbonyl (C=O) groups excluding carboxylic acids is 2. The maximum Gasteiger partial charge on any atom is 0.226 e. The van der Waals surface area contributed by atoms with Gasteiger partial charge in [0, 0.05) is 12.6 Å². The summed E-state index contributed by atoms with van der Waals surface area (Å²) in [6.45, 7) is 5.17. The monoisotopic (exact) mass is 328 g/mol. The van der Waals surface area contributed by atoms with Gasteiger partial charge in [0.1, 0.15) is 5.82 Å². The molecule has 0 aliphatic heterocycles. The van der Waals surface area contributed by atoms with E-state index in [1.54, 1.807) is 13.0 Å². The Morgan fingerprint density at radius 3 is 2.38 bits per heavy atom. The molecule has 2 N–H and O–H groups in total. The van der Waals surface area contributed by atoms with Gasteiger partial charge in [0.2, 0.25) is 11.8 Å². The molecule has 0 aliphatic carbocycles. The summed E-state index contributed by atoms with van der Waals surface area (Å²) < 4.78 is 13.3. The highest BCUT2D eigenvalue weighted by Gasteiger charge is 2.17. The third-order valence-corrected chi connectivity index (χ3v) is 3.72. The lowest BCUT2D eigenvalue weighted by atomic mass is 10.0. The zero-order chi connectivity index (χ0) is 17.7. The minimum absolute atomic E-state index is 0.0680. The second kappa shape index (κ2) is 7.73. The number of benzene rings is 2. The van der Waals surface area contributed by atoms with Crippen LogP contribution in [0.15, 0.2) is 42.5 Å². The fraction of sp³-hybridized carbons (Fsp3) is 0.263. The van der Waals surface area contributed by atoms with Crippen molar-refractivity contribution >= 4 is 17.5 Å². The molecule has 4 nitrogen and oxygen atoms in total. The van der Waals surface area contributed by atoms with Gasteiger partial charge in [-0.1, -0.05) is 35.9 Å². The average molecular weight is 328 g/mol. The van der Waals surface area contributed by atoms with Crippen LogP contribution in [0.5, 0.6) is 0 Å². The highest BCUT2D eigenvalue weighted by molar-refractivity contribution is 5.92. The van der Waals surface area contributed by atoms with Crippen LogP contribution in [0.25, 0.3) is 0 Å². The van der Waals surface area contributed by atoms with Gasteiger partial charge >= 0.3 is 0 Å².